The first-order valence-corrected chi connectivity index (χ1v) is 8.59. The molecule has 0 saturated carbocycles. The lowest BCUT2D eigenvalue weighted by molar-refractivity contribution is 0.224. The van der Waals surface area contributed by atoms with E-state index in [0.717, 1.165) is 19.4 Å². The molecule has 2 heterocycles. The van der Waals surface area contributed by atoms with E-state index in [2.05, 4.69) is 15.1 Å². The second-order valence-electron chi connectivity index (χ2n) is 5.90. The number of sulfonamides is 1. The molecular formula is C13H24N4O3S. The van der Waals surface area contributed by atoms with E-state index in [1.54, 1.807) is 6.92 Å². The van der Waals surface area contributed by atoms with E-state index in [-0.39, 0.29) is 11.6 Å². The van der Waals surface area contributed by atoms with Gasteiger partial charge in [-0.05, 0) is 39.8 Å². The molecule has 1 aromatic rings. The Labute approximate surface area is 126 Å². The number of nitrogens with one attached hydrogen (secondary N) is 1. The highest BCUT2D eigenvalue weighted by Gasteiger charge is 2.33. The fourth-order valence-electron chi connectivity index (χ4n) is 2.80. The molecule has 7 nitrogen and oxygen atoms in total. The summed E-state index contributed by atoms with van der Waals surface area (Å²) in [6.07, 6.45) is 1.71. The van der Waals surface area contributed by atoms with E-state index in [9.17, 15) is 13.5 Å². The van der Waals surface area contributed by atoms with Crippen molar-refractivity contribution in [1.82, 2.24) is 19.4 Å². The van der Waals surface area contributed by atoms with Crippen molar-refractivity contribution < 1.29 is 13.5 Å². The summed E-state index contributed by atoms with van der Waals surface area (Å²) >= 11 is 0. The average molecular weight is 316 g/mol. The number of aromatic nitrogens is 2. The van der Waals surface area contributed by atoms with Crippen molar-refractivity contribution in [3.05, 3.63) is 11.3 Å². The number of aliphatic hydroxyl groups is 1. The molecule has 0 amide bonds. The Morgan fingerprint density at radius 2 is 2.00 bits per heavy atom. The quantitative estimate of drug-likeness (QED) is 0.808. The lowest BCUT2D eigenvalue weighted by Crippen LogP contribution is -2.41. The van der Waals surface area contributed by atoms with Crippen LogP contribution in [0.15, 0.2) is 5.03 Å². The molecule has 2 N–H and O–H groups in total. The van der Waals surface area contributed by atoms with Crippen molar-refractivity contribution in [2.45, 2.75) is 31.4 Å². The fraction of sp³-hybridized carbons (Fsp3) is 0.769. The molecule has 1 aliphatic rings. The number of nitrogens with zero attached hydrogens (tertiary/aromatic N) is 3. The van der Waals surface area contributed by atoms with Gasteiger partial charge < -0.3 is 10.0 Å². The number of hydrogen-bond donors (Lipinski definition) is 2. The molecule has 1 saturated heterocycles. The summed E-state index contributed by atoms with van der Waals surface area (Å²) in [6, 6.07) is 0. The van der Waals surface area contributed by atoms with Crippen LogP contribution in [-0.2, 0) is 16.6 Å². The van der Waals surface area contributed by atoms with E-state index in [1.165, 1.54) is 4.31 Å². The normalized spacial score (nSPS) is 18.5. The number of aliphatic hydroxyl groups excluding tert-OH is 1. The zero-order valence-electron chi connectivity index (χ0n) is 12.8. The molecule has 0 aliphatic carbocycles. The second kappa shape index (κ2) is 6.43. The van der Waals surface area contributed by atoms with Crippen LogP contribution in [0.4, 0.5) is 0 Å². The van der Waals surface area contributed by atoms with Gasteiger partial charge >= 0.3 is 0 Å². The first-order chi connectivity index (χ1) is 9.86. The van der Waals surface area contributed by atoms with Crippen molar-refractivity contribution in [2.75, 3.05) is 33.7 Å². The number of H-pyrrole nitrogens is 1. The summed E-state index contributed by atoms with van der Waals surface area (Å²) in [5, 5.41) is 15.8. The van der Waals surface area contributed by atoms with Crippen LogP contribution >= 0.6 is 0 Å². The van der Waals surface area contributed by atoms with Gasteiger partial charge in [-0.3, -0.25) is 5.10 Å². The third-order valence-corrected chi connectivity index (χ3v) is 5.85. The lowest BCUT2D eigenvalue weighted by atomic mass is 9.98. The highest BCUT2D eigenvalue weighted by Crippen LogP contribution is 2.25. The minimum absolute atomic E-state index is 0.0337. The zero-order chi connectivity index (χ0) is 15.6. The van der Waals surface area contributed by atoms with Gasteiger partial charge in [0.15, 0.2) is 5.03 Å². The first-order valence-electron chi connectivity index (χ1n) is 7.15. The van der Waals surface area contributed by atoms with Gasteiger partial charge in [-0.2, -0.15) is 9.40 Å². The molecule has 0 radical (unpaired) electrons. The number of aromatic amines is 1. The lowest BCUT2D eigenvalue weighted by Gasteiger charge is -2.32. The summed E-state index contributed by atoms with van der Waals surface area (Å²) in [5.74, 6) is 0.532. The maximum absolute atomic E-state index is 12.6. The highest BCUT2D eigenvalue weighted by molar-refractivity contribution is 7.89. The predicted molar refractivity (Wildman–Crippen MR) is 79.3 cm³/mol. The molecule has 0 atom stereocenters. The van der Waals surface area contributed by atoms with Crippen LogP contribution in [0.1, 0.15) is 24.1 Å². The molecule has 1 aromatic heterocycles. The second-order valence-corrected chi connectivity index (χ2v) is 7.75. The van der Waals surface area contributed by atoms with Gasteiger partial charge in [0.1, 0.15) is 0 Å². The summed E-state index contributed by atoms with van der Waals surface area (Å²) in [6.45, 7) is 3.39. The van der Waals surface area contributed by atoms with E-state index < -0.39 is 10.0 Å². The number of aryl methyl sites for hydroxylation is 1. The molecule has 0 spiro atoms. The third-order valence-electron chi connectivity index (χ3n) is 3.98. The molecule has 8 heteroatoms. The largest absolute Gasteiger partial charge is 0.392 e. The van der Waals surface area contributed by atoms with Gasteiger partial charge in [0.05, 0.1) is 6.61 Å². The minimum atomic E-state index is -3.62. The van der Waals surface area contributed by atoms with Crippen LogP contribution in [0.5, 0.6) is 0 Å². The fourth-order valence-corrected chi connectivity index (χ4v) is 4.43. The van der Waals surface area contributed by atoms with E-state index in [0.29, 0.717) is 30.3 Å². The summed E-state index contributed by atoms with van der Waals surface area (Å²) < 4.78 is 26.7. The van der Waals surface area contributed by atoms with Crippen molar-refractivity contribution in [2.24, 2.45) is 5.92 Å². The van der Waals surface area contributed by atoms with Crippen molar-refractivity contribution in [1.29, 1.82) is 0 Å². The number of rotatable bonds is 5. The monoisotopic (exact) mass is 316 g/mol. The maximum atomic E-state index is 12.6. The van der Waals surface area contributed by atoms with Gasteiger partial charge in [0.2, 0.25) is 0 Å². The Balaban J connectivity index is 2.11. The standard InChI is InChI=1S/C13H24N4O3S/c1-10-12(9-18)13(15-14-10)21(19,20)17-6-4-11(5-7-17)8-16(2)3/h11,18H,4-9H2,1-3H3,(H,14,15). The summed E-state index contributed by atoms with van der Waals surface area (Å²) in [4.78, 5) is 2.13. The van der Waals surface area contributed by atoms with E-state index in [1.807, 2.05) is 14.1 Å². The van der Waals surface area contributed by atoms with Gasteiger partial charge in [-0.1, -0.05) is 0 Å². The molecule has 0 bridgehead atoms. The third kappa shape index (κ3) is 3.45. The zero-order valence-corrected chi connectivity index (χ0v) is 13.7. The topological polar surface area (TPSA) is 89.5 Å². The van der Waals surface area contributed by atoms with Gasteiger partial charge in [0.25, 0.3) is 10.0 Å². The Morgan fingerprint density at radius 3 is 2.52 bits per heavy atom. The average Bonchev–Trinajstić information content (AvgIpc) is 2.80. The van der Waals surface area contributed by atoms with Crippen molar-refractivity contribution in [3.63, 3.8) is 0 Å². The molecule has 120 valence electrons. The van der Waals surface area contributed by atoms with Crippen LogP contribution in [0.25, 0.3) is 0 Å². The Kier molecular flexibility index (Phi) is 5.03. The molecule has 0 aromatic carbocycles. The molecule has 0 unspecified atom stereocenters. The Morgan fingerprint density at radius 1 is 1.38 bits per heavy atom. The van der Waals surface area contributed by atoms with Crippen molar-refractivity contribution >= 4 is 10.0 Å². The van der Waals surface area contributed by atoms with Gasteiger partial charge in [-0.25, -0.2) is 8.42 Å². The Hall–Kier alpha value is -0.960. The summed E-state index contributed by atoms with van der Waals surface area (Å²) in [7, 11) is 0.443. The van der Waals surface area contributed by atoms with E-state index in [4.69, 9.17) is 0 Å². The van der Waals surface area contributed by atoms with Gasteiger partial charge in [-0.15, -0.1) is 0 Å². The first kappa shape index (κ1) is 16.4. The molecular weight excluding hydrogens is 292 g/mol. The van der Waals surface area contributed by atoms with Crippen LogP contribution in [0.3, 0.4) is 0 Å². The molecule has 1 aliphatic heterocycles. The van der Waals surface area contributed by atoms with Crippen LogP contribution in [-0.4, -0.2) is 66.7 Å². The molecule has 21 heavy (non-hydrogen) atoms. The molecule has 2 rings (SSSR count). The Bertz CT molecular complexity index is 574. The molecule has 1 fully saturated rings. The predicted octanol–water partition coefficient (Wildman–Crippen LogP) is 0.173. The SMILES string of the molecule is Cc1[nH]nc(S(=O)(=O)N2CCC(CN(C)C)CC2)c1CO. The highest BCUT2D eigenvalue weighted by atomic mass is 32.2. The summed E-state index contributed by atoms with van der Waals surface area (Å²) in [5.41, 5.74) is 0.962. The van der Waals surface area contributed by atoms with Crippen molar-refractivity contribution in [3.8, 4) is 0 Å². The number of hydrogen-bond acceptors (Lipinski definition) is 5. The van der Waals surface area contributed by atoms with E-state index >= 15 is 0 Å². The number of piperidine rings is 1. The van der Waals surface area contributed by atoms with Crippen LogP contribution < -0.4 is 0 Å². The smallest absolute Gasteiger partial charge is 0.262 e. The van der Waals surface area contributed by atoms with Gasteiger partial charge in [0, 0.05) is 30.9 Å². The van der Waals surface area contributed by atoms with Crippen LogP contribution in [0.2, 0.25) is 0 Å². The maximum Gasteiger partial charge on any atom is 0.262 e. The van der Waals surface area contributed by atoms with Crippen LogP contribution in [0, 0.1) is 12.8 Å². The minimum Gasteiger partial charge on any atom is -0.392 e.